The maximum Gasteiger partial charge on any atom is 0.331 e. The summed E-state index contributed by atoms with van der Waals surface area (Å²) in [6, 6.07) is 10.00. The van der Waals surface area contributed by atoms with Crippen molar-refractivity contribution < 1.29 is 19.1 Å². The van der Waals surface area contributed by atoms with E-state index in [1.807, 2.05) is 0 Å². The summed E-state index contributed by atoms with van der Waals surface area (Å²) < 4.78 is 10.6. The molecule has 154 valence electrons. The number of amides is 3. The highest BCUT2D eigenvalue weighted by atomic mass is 35.5. The fourth-order valence-electron chi connectivity index (χ4n) is 3.36. The number of imide groups is 1. The molecule has 4 rings (SSSR count). The SMILES string of the molecule is COc1ccc(CN2C(=O)CCN(c3cnc4ccc(Cl)nc4c3)C2=O)c(OC)c1. The van der Waals surface area contributed by atoms with E-state index in [-0.39, 0.29) is 25.4 Å². The van der Waals surface area contributed by atoms with Crippen LogP contribution in [0.2, 0.25) is 5.15 Å². The molecule has 0 radical (unpaired) electrons. The van der Waals surface area contributed by atoms with Crippen molar-refractivity contribution in [3.8, 4) is 11.5 Å². The Kier molecular flexibility index (Phi) is 5.41. The summed E-state index contributed by atoms with van der Waals surface area (Å²) in [5.41, 5.74) is 2.50. The van der Waals surface area contributed by atoms with Gasteiger partial charge in [-0.3, -0.25) is 19.6 Å². The van der Waals surface area contributed by atoms with Crippen LogP contribution >= 0.6 is 11.6 Å². The van der Waals surface area contributed by atoms with Gasteiger partial charge in [-0.1, -0.05) is 11.6 Å². The van der Waals surface area contributed by atoms with Crippen molar-refractivity contribution in [3.05, 3.63) is 53.3 Å². The number of anilines is 1. The van der Waals surface area contributed by atoms with Crippen molar-refractivity contribution >= 4 is 40.3 Å². The third-order valence-electron chi connectivity index (χ3n) is 4.94. The van der Waals surface area contributed by atoms with Crippen LogP contribution in [0.5, 0.6) is 11.5 Å². The molecule has 0 bridgehead atoms. The topological polar surface area (TPSA) is 84.9 Å². The number of hydrogen-bond donors (Lipinski definition) is 0. The molecule has 30 heavy (non-hydrogen) atoms. The minimum atomic E-state index is -0.424. The average Bonchev–Trinajstić information content (AvgIpc) is 2.76. The van der Waals surface area contributed by atoms with Crippen LogP contribution in [0.25, 0.3) is 11.0 Å². The minimum Gasteiger partial charge on any atom is -0.497 e. The number of urea groups is 1. The van der Waals surface area contributed by atoms with E-state index >= 15 is 0 Å². The van der Waals surface area contributed by atoms with Crippen LogP contribution in [0.4, 0.5) is 10.5 Å². The summed E-state index contributed by atoms with van der Waals surface area (Å²) in [6.45, 7) is 0.355. The number of aromatic nitrogens is 2. The van der Waals surface area contributed by atoms with Gasteiger partial charge in [0.05, 0.1) is 43.7 Å². The third-order valence-corrected chi connectivity index (χ3v) is 5.15. The number of nitrogens with zero attached hydrogens (tertiary/aromatic N) is 4. The quantitative estimate of drug-likeness (QED) is 0.579. The molecule has 8 nitrogen and oxygen atoms in total. The maximum absolute atomic E-state index is 13.2. The molecule has 0 spiro atoms. The van der Waals surface area contributed by atoms with E-state index in [1.165, 1.54) is 16.9 Å². The van der Waals surface area contributed by atoms with Gasteiger partial charge in [0.25, 0.3) is 0 Å². The Hall–Kier alpha value is -3.39. The van der Waals surface area contributed by atoms with Gasteiger partial charge in [0.2, 0.25) is 5.91 Å². The molecule has 1 aliphatic rings. The van der Waals surface area contributed by atoms with Crippen LogP contribution in [0.15, 0.2) is 42.6 Å². The summed E-state index contributed by atoms with van der Waals surface area (Å²) in [5, 5.41) is 0.342. The molecule has 0 saturated carbocycles. The Morgan fingerprint density at radius 3 is 2.67 bits per heavy atom. The van der Waals surface area contributed by atoms with Crippen LogP contribution in [0.1, 0.15) is 12.0 Å². The van der Waals surface area contributed by atoms with Gasteiger partial charge in [-0.2, -0.15) is 0 Å². The molecule has 2 aromatic heterocycles. The second-order valence-corrected chi connectivity index (χ2v) is 7.09. The van der Waals surface area contributed by atoms with Gasteiger partial charge in [-0.15, -0.1) is 0 Å². The second kappa shape index (κ2) is 8.16. The predicted octanol–water partition coefficient (Wildman–Crippen LogP) is 3.66. The number of ether oxygens (including phenoxy) is 2. The molecule has 3 amide bonds. The van der Waals surface area contributed by atoms with Crippen molar-refractivity contribution in [2.24, 2.45) is 0 Å². The average molecular weight is 427 g/mol. The van der Waals surface area contributed by atoms with E-state index in [0.717, 1.165) is 0 Å². The fraction of sp³-hybridized carbons (Fsp3) is 0.238. The summed E-state index contributed by atoms with van der Waals surface area (Å²) >= 11 is 5.98. The Bertz CT molecular complexity index is 1140. The number of rotatable bonds is 5. The lowest BCUT2D eigenvalue weighted by molar-refractivity contribution is -0.129. The van der Waals surface area contributed by atoms with Crippen molar-refractivity contribution in [2.75, 3.05) is 25.7 Å². The molecule has 9 heteroatoms. The molecule has 1 fully saturated rings. The normalized spacial score (nSPS) is 14.4. The summed E-state index contributed by atoms with van der Waals surface area (Å²) in [7, 11) is 3.09. The second-order valence-electron chi connectivity index (χ2n) is 6.71. The molecule has 1 aliphatic heterocycles. The van der Waals surface area contributed by atoms with Crippen LogP contribution in [-0.2, 0) is 11.3 Å². The molecular formula is C21H19ClN4O4. The summed E-state index contributed by atoms with van der Waals surface area (Å²) in [6.07, 6.45) is 1.79. The molecule has 0 N–H and O–H groups in total. The van der Waals surface area contributed by atoms with Crippen molar-refractivity contribution in [2.45, 2.75) is 13.0 Å². The Balaban J connectivity index is 1.63. The van der Waals surface area contributed by atoms with E-state index in [9.17, 15) is 9.59 Å². The third kappa shape index (κ3) is 3.73. The van der Waals surface area contributed by atoms with Gasteiger partial charge in [-0.25, -0.2) is 9.78 Å². The molecule has 3 heterocycles. The van der Waals surface area contributed by atoms with Crippen molar-refractivity contribution in [1.29, 1.82) is 0 Å². The number of hydrogen-bond acceptors (Lipinski definition) is 6. The Morgan fingerprint density at radius 2 is 1.90 bits per heavy atom. The lowest BCUT2D eigenvalue weighted by Gasteiger charge is -2.34. The Labute approximate surface area is 178 Å². The number of halogens is 1. The fourth-order valence-corrected chi connectivity index (χ4v) is 3.51. The maximum atomic E-state index is 13.2. The molecule has 0 unspecified atom stereocenters. The zero-order valence-electron chi connectivity index (χ0n) is 16.5. The van der Waals surface area contributed by atoms with E-state index in [0.29, 0.717) is 38.9 Å². The first-order valence-electron chi connectivity index (χ1n) is 9.25. The monoisotopic (exact) mass is 426 g/mol. The van der Waals surface area contributed by atoms with Gasteiger partial charge in [0.1, 0.15) is 16.7 Å². The highest BCUT2D eigenvalue weighted by molar-refractivity contribution is 6.29. The van der Waals surface area contributed by atoms with E-state index in [2.05, 4.69) is 9.97 Å². The lowest BCUT2D eigenvalue weighted by atomic mass is 10.1. The molecule has 3 aromatic rings. The largest absolute Gasteiger partial charge is 0.497 e. The highest BCUT2D eigenvalue weighted by Crippen LogP contribution is 2.29. The first kappa shape index (κ1) is 19.9. The van der Waals surface area contributed by atoms with E-state index in [1.54, 1.807) is 49.7 Å². The zero-order chi connectivity index (χ0) is 21.3. The number of carbonyl (C=O) groups excluding carboxylic acids is 2. The van der Waals surface area contributed by atoms with Crippen LogP contribution in [0.3, 0.4) is 0 Å². The first-order chi connectivity index (χ1) is 14.5. The number of fused-ring (bicyclic) bond motifs is 1. The number of carbonyl (C=O) groups is 2. The molecule has 0 aliphatic carbocycles. The molecule has 0 atom stereocenters. The van der Waals surface area contributed by atoms with Crippen LogP contribution < -0.4 is 14.4 Å². The Morgan fingerprint density at radius 1 is 1.07 bits per heavy atom. The number of methoxy groups -OCH3 is 2. The van der Waals surface area contributed by atoms with Gasteiger partial charge in [-0.05, 0) is 30.3 Å². The van der Waals surface area contributed by atoms with Gasteiger partial charge in [0, 0.05) is 24.6 Å². The highest BCUT2D eigenvalue weighted by Gasteiger charge is 2.33. The minimum absolute atomic E-state index is 0.0897. The van der Waals surface area contributed by atoms with Crippen LogP contribution in [-0.4, -0.2) is 47.6 Å². The predicted molar refractivity (Wildman–Crippen MR) is 112 cm³/mol. The standard InChI is InChI=1S/C21H19ClN4O4/c1-29-15-4-3-13(18(10-15)30-2)12-26-20(27)7-8-25(21(26)28)14-9-17-16(23-11-14)5-6-19(22)24-17/h3-6,9-11H,7-8,12H2,1-2H3. The van der Waals surface area contributed by atoms with Gasteiger partial charge in [0.15, 0.2) is 0 Å². The molecule has 1 saturated heterocycles. The van der Waals surface area contributed by atoms with Gasteiger partial charge < -0.3 is 9.47 Å². The summed E-state index contributed by atoms with van der Waals surface area (Å²) in [4.78, 5) is 37.0. The smallest absolute Gasteiger partial charge is 0.331 e. The molecular weight excluding hydrogens is 408 g/mol. The number of pyridine rings is 2. The zero-order valence-corrected chi connectivity index (χ0v) is 17.2. The van der Waals surface area contributed by atoms with Crippen LogP contribution in [0, 0.1) is 0 Å². The lowest BCUT2D eigenvalue weighted by Crippen LogP contribution is -2.52. The van der Waals surface area contributed by atoms with E-state index in [4.69, 9.17) is 21.1 Å². The first-order valence-corrected chi connectivity index (χ1v) is 9.63. The molecule has 1 aromatic carbocycles. The van der Waals surface area contributed by atoms with Crippen molar-refractivity contribution in [1.82, 2.24) is 14.9 Å². The van der Waals surface area contributed by atoms with E-state index < -0.39 is 6.03 Å². The van der Waals surface area contributed by atoms with Gasteiger partial charge >= 0.3 is 6.03 Å². The summed E-state index contributed by atoms with van der Waals surface area (Å²) in [5.74, 6) is 0.921. The van der Waals surface area contributed by atoms with Crippen molar-refractivity contribution in [3.63, 3.8) is 0 Å². The number of benzene rings is 1.